The van der Waals surface area contributed by atoms with Gasteiger partial charge >= 0.3 is 18.3 Å². The monoisotopic (exact) mass is 467 g/mol. The van der Waals surface area contributed by atoms with Crippen LogP contribution >= 0.6 is 11.6 Å². The summed E-state index contributed by atoms with van der Waals surface area (Å²) in [5.41, 5.74) is -0.661. The quantitative estimate of drug-likeness (QED) is 0.659. The van der Waals surface area contributed by atoms with Crippen LogP contribution in [0.25, 0.3) is 0 Å². The van der Waals surface area contributed by atoms with E-state index in [-0.39, 0.29) is 11.8 Å². The molecule has 0 bridgehead atoms. The number of carbonyl (C=O) groups is 2. The summed E-state index contributed by atoms with van der Waals surface area (Å²) in [4.78, 5) is 28.1. The highest BCUT2D eigenvalue weighted by Gasteiger charge is 2.47. The van der Waals surface area contributed by atoms with Crippen molar-refractivity contribution in [2.24, 2.45) is 0 Å². The van der Waals surface area contributed by atoms with E-state index in [2.05, 4.69) is 5.32 Å². The van der Waals surface area contributed by atoms with E-state index in [0.717, 1.165) is 17.7 Å². The number of nitrogens with zero attached hydrogens (tertiary/aromatic N) is 2. The van der Waals surface area contributed by atoms with Crippen LogP contribution in [0.3, 0.4) is 0 Å². The van der Waals surface area contributed by atoms with Crippen molar-refractivity contribution >= 4 is 29.4 Å². The summed E-state index contributed by atoms with van der Waals surface area (Å²) in [5.74, 6) is 0. The highest BCUT2D eigenvalue weighted by atomic mass is 35.5. The summed E-state index contributed by atoms with van der Waals surface area (Å²) in [6.07, 6.45) is -4.10. The number of likely N-dealkylation sites (tertiary alicyclic amines) is 1. The van der Waals surface area contributed by atoms with Gasteiger partial charge in [-0.15, -0.1) is 0 Å². The fourth-order valence-electron chi connectivity index (χ4n) is 4.02. The molecule has 1 spiro atoms. The van der Waals surface area contributed by atoms with E-state index in [1.54, 1.807) is 4.90 Å². The van der Waals surface area contributed by atoms with Gasteiger partial charge in [0.15, 0.2) is 0 Å². The van der Waals surface area contributed by atoms with Gasteiger partial charge in [-0.05, 0) is 23.8 Å². The van der Waals surface area contributed by atoms with Crippen molar-refractivity contribution in [2.75, 3.05) is 25.0 Å². The Labute approximate surface area is 187 Å². The maximum Gasteiger partial charge on any atom is 0.417 e. The molecule has 0 unspecified atom stereocenters. The van der Waals surface area contributed by atoms with Crippen molar-refractivity contribution in [1.29, 1.82) is 0 Å². The number of piperidine rings is 1. The van der Waals surface area contributed by atoms with Gasteiger partial charge in [0.2, 0.25) is 0 Å². The minimum Gasteiger partial charge on any atom is -0.441 e. The molecule has 1 N–H and O–H groups in total. The number of urea groups is 1. The molecule has 2 fully saturated rings. The molecule has 2 aliphatic rings. The zero-order chi connectivity index (χ0) is 22.9. The molecule has 2 heterocycles. The molecule has 6 nitrogen and oxygen atoms in total. The van der Waals surface area contributed by atoms with Gasteiger partial charge in [0.05, 0.1) is 17.1 Å². The molecule has 0 radical (unpaired) electrons. The van der Waals surface area contributed by atoms with Crippen LogP contribution in [0.2, 0.25) is 5.02 Å². The van der Waals surface area contributed by atoms with E-state index >= 15 is 0 Å². The Morgan fingerprint density at radius 1 is 1.12 bits per heavy atom. The average molecular weight is 468 g/mol. The lowest BCUT2D eigenvalue weighted by Gasteiger charge is -2.37. The Hall–Kier alpha value is -2.94. The van der Waals surface area contributed by atoms with Crippen LogP contribution < -0.4 is 5.32 Å². The van der Waals surface area contributed by atoms with Crippen molar-refractivity contribution in [1.82, 2.24) is 9.80 Å². The van der Waals surface area contributed by atoms with Crippen LogP contribution in [0.1, 0.15) is 24.0 Å². The molecule has 2 saturated heterocycles. The molecule has 0 saturated carbocycles. The first-order valence-electron chi connectivity index (χ1n) is 10.1. The summed E-state index contributed by atoms with van der Waals surface area (Å²) in [6.45, 7) is 1.52. The van der Waals surface area contributed by atoms with Gasteiger partial charge in [-0.1, -0.05) is 41.9 Å². The van der Waals surface area contributed by atoms with Gasteiger partial charge in [-0.25, -0.2) is 9.59 Å². The molecule has 2 aromatic rings. The summed E-state index contributed by atoms with van der Waals surface area (Å²) in [6, 6.07) is 12.3. The first kappa shape index (κ1) is 22.3. The number of anilines is 1. The number of carbonyl (C=O) groups excluding carboxylic acids is 2. The van der Waals surface area contributed by atoms with Gasteiger partial charge in [0, 0.05) is 38.2 Å². The van der Waals surface area contributed by atoms with Crippen molar-refractivity contribution in [3.05, 3.63) is 64.7 Å². The lowest BCUT2D eigenvalue weighted by molar-refractivity contribution is -0.137. The third-order valence-corrected chi connectivity index (χ3v) is 6.07. The second kappa shape index (κ2) is 8.54. The van der Waals surface area contributed by atoms with Crippen LogP contribution in [0.15, 0.2) is 48.5 Å². The molecule has 32 heavy (non-hydrogen) atoms. The highest BCUT2D eigenvalue weighted by Crippen LogP contribution is 2.37. The topological polar surface area (TPSA) is 61.9 Å². The fourth-order valence-corrected chi connectivity index (χ4v) is 4.24. The maximum absolute atomic E-state index is 13.0. The van der Waals surface area contributed by atoms with Gasteiger partial charge in [-0.3, -0.25) is 4.90 Å². The van der Waals surface area contributed by atoms with Crippen LogP contribution in [0, 0.1) is 0 Å². The van der Waals surface area contributed by atoms with Crippen LogP contribution in [-0.4, -0.2) is 47.2 Å². The predicted octanol–water partition coefficient (Wildman–Crippen LogP) is 5.38. The number of ether oxygens (including phenoxy) is 1. The summed E-state index contributed by atoms with van der Waals surface area (Å²) in [7, 11) is 0. The summed E-state index contributed by atoms with van der Waals surface area (Å²) >= 11 is 5.62. The number of rotatable bonds is 3. The third-order valence-electron chi connectivity index (χ3n) is 5.74. The second-order valence-corrected chi connectivity index (χ2v) is 8.41. The number of hydrogen-bond acceptors (Lipinski definition) is 3. The predicted molar refractivity (Wildman–Crippen MR) is 112 cm³/mol. The number of amides is 3. The normalized spacial score (nSPS) is 18.1. The van der Waals surface area contributed by atoms with Crippen LogP contribution in [0.4, 0.5) is 28.4 Å². The summed E-state index contributed by atoms with van der Waals surface area (Å²) < 4.78 is 44.8. The minimum absolute atomic E-state index is 0.00772. The molecule has 4 rings (SSSR count). The maximum atomic E-state index is 13.0. The first-order chi connectivity index (χ1) is 15.2. The first-order valence-corrected chi connectivity index (χ1v) is 10.5. The number of benzene rings is 2. The number of nitrogens with one attached hydrogen (secondary N) is 1. The zero-order valence-corrected chi connectivity index (χ0v) is 17.7. The molecule has 0 atom stereocenters. The molecule has 2 aliphatic heterocycles. The van der Waals surface area contributed by atoms with E-state index in [9.17, 15) is 22.8 Å². The molecule has 0 aromatic heterocycles. The lowest BCUT2D eigenvalue weighted by atomic mass is 9.91. The van der Waals surface area contributed by atoms with Crippen LogP contribution in [0.5, 0.6) is 0 Å². The largest absolute Gasteiger partial charge is 0.441 e. The van der Waals surface area contributed by atoms with Crippen molar-refractivity contribution < 1.29 is 27.5 Å². The molecular weight excluding hydrogens is 447 g/mol. The van der Waals surface area contributed by atoms with Gasteiger partial charge in [0.1, 0.15) is 5.60 Å². The van der Waals surface area contributed by atoms with Gasteiger partial charge < -0.3 is 15.0 Å². The Bertz CT molecular complexity index is 1010. The smallest absolute Gasteiger partial charge is 0.417 e. The molecule has 0 aliphatic carbocycles. The number of halogens is 4. The Morgan fingerprint density at radius 3 is 2.47 bits per heavy atom. The minimum atomic E-state index is -4.62. The van der Waals surface area contributed by atoms with E-state index in [1.165, 1.54) is 11.0 Å². The number of hydrogen-bond donors (Lipinski definition) is 1. The van der Waals surface area contributed by atoms with E-state index in [0.29, 0.717) is 39.0 Å². The SMILES string of the molecule is O=C(Nc1ccc(Cl)c(C(F)(F)F)c1)N1CCC2(CC1)CN(Cc1ccccc1)C(=O)O2. The zero-order valence-electron chi connectivity index (χ0n) is 17.0. The molecule has 10 heteroatoms. The van der Waals surface area contributed by atoms with Crippen molar-refractivity contribution in [3.8, 4) is 0 Å². The van der Waals surface area contributed by atoms with Crippen molar-refractivity contribution in [2.45, 2.75) is 31.2 Å². The van der Waals surface area contributed by atoms with Crippen LogP contribution in [-0.2, 0) is 17.5 Å². The molecule has 3 amide bonds. The summed E-state index contributed by atoms with van der Waals surface area (Å²) in [5, 5.41) is 2.06. The van der Waals surface area contributed by atoms with E-state index in [1.807, 2.05) is 30.3 Å². The standard InChI is InChI=1S/C22H21ClF3N3O3/c23-18-7-6-16(12-17(18)22(24,25)26)27-19(30)28-10-8-21(9-11-28)14-29(20(31)32-21)13-15-4-2-1-3-5-15/h1-7,12H,8-11,13-14H2,(H,27,30). The highest BCUT2D eigenvalue weighted by molar-refractivity contribution is 6.31. The van der Waals surface area contributed by atoms with E-state index < -0.39 is 28.4 Å². The molecule has 170 valence electrons. The van der Waals surface area contributed by atoms with Gasteiger partial charge in [0.25, 0.3) is 0 Å². The Balaban J connectivity index is 1.35. The van der Waals surface area contributed by atoms with E-state index in [4.69, 9.17) is 16.3 Å². The second-order valence-electron chi connectivity index (χ2n) is 8.00. The number of alkyl halides is 3. The Kier molecular flexibility index (Phi) is 5.94. The van der Waals surface area contributed by atoms with Crippen molar-refractivity contribution in [3.63, 3.8) is 0 Å². The van der Waals surface area contributed by atoms with Gasteiger partial charge in [-0.2, -0.15) is 13.2 Å². The molecule has 2 aromatic carbocycles. The lowest BCUT2D eigenvalue weighted by Crippen LogP contribution is -2.49. The Morgan fingerprint density at radius 2 is 1.81 bits per heavy atom. The average Bonchev–Trinajstić information content (AvgIpc) is 3.04. The third kappa shape index (κ3) is 4.77. The fraction of sp³-hybridized carbons (Fsp3) is 0.364. The molecular formula is C22H21ClF3N3O3.